The standard InChI is InChI=1S/C12H18N2OS/c1-10-5-4-6-11(9-10)16-8-3-2-7-12(15)14-13/h4-6,9H,2-3,7-8,13H2,1H3,(H,14,15). The number of nitrogens with one attached hydrogen (secondary N) is 1. The molecule has 1 amide bonds. The number of nitrogens with two attached hydrogens (primary N) is 1. The Morgan fingerprint density at radius 2 is 2.25 bits per heavy atom. The predicted octanol–water partition coefficient (Wildman–Crippen LogP) is 2.25. The summed E-state index contributed by atoms with van der Waals surface area (Å²) in [6.45, 7) is 2.09. The van der Waals surface area contributed by atoms with Crippen LogP contribution in [0.1, 0.15) is 24.8 Å². The molecule has 1 aromatic carbocycles. The molecular formula is C12H18N2OS. The van der Waals surface area contributed by atoms with E-state index < -0.39 is 0 Å². The molecule has 0 aliphatic rings. The first-order valence-electron chi connectivity index (χ1n) is 5.41. The zero-order valence-electron chi connectivity index (χ0n) is 9.53. The fraction of sp³-hybridized carbons (Fsp3) is 0.417. The molecule has 0 bridgehead atoms. The Kier molecular flexibility index (Phi) is 5.96. The molecule has 88 valence electrons. The fourth-order valence-electron chi connectivity index (χ4n) is 1.35. The lowest BCUT2D eigenvalue weighted by atomic mass is 10.2. The number of hydrogen-bond acceptors (Lipinski definition) is 3. The first-order valence-corrected chi connectivity index (χ1v) is 6.40. The molecule has 0 atom stereocenters. The van der Waals surface area contributed by atoms with E-state index in [2.05, 4.69) is 36.6 Å². The van der Waals surface area contributed by atoms with Crippen LogP contribution in [0.15, 0.2) is 29.2 Å². The van der Waals surface area contributed by atoms with E-state index in [1.165, 1.54) is 10.5 Å². The van der Waals surface area contributed by atoms with Crippen molar-refractivity contribution in [2.75, 3.05) is 5.75 Å². The van der Waals surface area contributed by atoms with E-state index in [1.54, 1.807) is 0 Å². The Labute approximate surface area is 101 Å². The molecule has 0 heterocycles. The maximum Gasteiger partial charge on any atom is 0.233 e. The summed E-state index contributed by atoms with van der Waals surface area (Å²) in [5.74, 6) is 5.95. The SMILES string of the molecule is Cc1cccc(SCCCCC(=O)NN)c1. The molecule has 0 aromatic heterocycles. The van der Waals surface area contributed by atoms with Crippen molar-refractivity contribution in [3.8, 4) is 0 Å². The van der Waals surface area contributed by atoms with E-state index in [9.17, 15) is 4.79 Å². The summed E-state index contributed by atoms with van der Waals surface area (Å²) in [5.41, 5.74) is 3.42. The number of aryl methyl sites for hydroxylation is 1. The number of rotatable bonds is 6. The van der Waals surface area contributed by atoms with Gasteiger partial charge in [0, 0.05) is 11.3 Å². The first kappa shape index (κ1) is 13.1. The van der Waals surface area contributed by atoms with Gasteiger partial charge in [-0.3, -0.25) is 10.2 Å². The van der Waals surface area contributed by atoms with E-state index in [4.69, 9.17) is 5.84 Å². The van der Waals surface area contributed by atoms with Gasteiger partial charge < -0.3 is 0 Å². The van der Waals surface area contributed by atoms with Crippen LogP contribution < -0.4 is 11.3 Å². The molecule has 0 spiro atoms. The summed E-state index contributed by atoms with van der Waals surface area (Å²) in [6.07, 6.45) is 2.44. The van der Waals surface area contributed by atoms with Crippen LogP contribution in [0.3, 0.4) is 0 Å². The van der Waals surface area contributed by atoms with Gasteiger partial charge in [0.15, 0.2) is 0 Å². The lowest BCUT2D eigenvalue weighted by Gasteiger charge is -2.02. The second-order valence-electron chi connectivity index (χ2n) is 3.69. The van der Waals surface area contributed by atoms with E-state index in [-0.39, 0.29) is 5.91 Å². The third-order valence-corrected chi connectivity index (χ3v) is 3.30. The minimum absolute atomic E-state index is 0.0828. The van der Waals surface area contributed by atoms with Gasteiger partial charge in [0.25, 0.3) is 0 Å². The van der Waals surface area contributed by atoms with Crippen LogP contribution in [0.2, 0.25) is 0 Å². The molecule has 0 saturated heterocycles. The predicted molar refractivity (Wildman–Crippen MR) is 68.1 cm³/mol. The van der Waals surface area contributed by atoms with Crippen molar-refractivity contribution >= 4 is 17.7 Å². The van der Waals surface area contributed by atoms with Crippen LogP contribution in [0.5, 0.6) is 0 Å². The molecule has 16 heavy (non-hydrogen) atoms. The molecule has 0 radical (unpaired) electrons. The summed E-state index contributed by atoms with van der Waals surface area (Å²) in [6, 6.07) is 8.46. The second-order valence-corrected chi connectivity index (χ2v) is 4.86. The third kappa shape index (κ3) is 5.19. The van der Waals surface area contributed by atoms with Crippen molar-refractivity contribution in [2.45, 2.75) is 31.1 Å². The topological polar surface area (TPSA) is 55.1 Å². The highest BCUT2D eigenvalue weighted by Crippen LogP contribution is 2.20. The molecule has 3 nitrogen and oxygen atoms in total. The van der Waals surface area contributed by atoms with Crippen molar-refractivity contribution in [1.29, 1.82) is 0 Å². The van der Waals surface area contributed by atoms with Gasteiger partial charge in [-0.1, -0.05) is 17.7 Å². The summed E-state index contributed by atoms with van der Waals surface area (Å²) in [7, 11) is 0. The molecule has 0 saturated carbocycles. The third-order valence-electron chi connectivity index (χ3n) is 2.22. The number of carbonyl (C=O) groups excluding carboxylic acids is 1. The maximum atomic E-state index is 10.8. The number of unbranched alkanes of at least 4 members (excludes halogenated alkanes) is 1. The van der Waals surface area contributed by atoms with Crippen molar-refractivity contribution in [3.63, 3.8) is 0 Å². The first-order chi connectivity index (χ1) is 7.72. The molecular weight excluding hydrogens is 220 g/mol. The summed E-state index contributed by atoms with van der Waals surface area (Å²) in [4.78, 5) is 12.1. The van der Waals surface area contributed by atoms with Crippen LogP contribution in [-0.2, 0) is 4.79 Å². The molecule has 1 rings (SSSR count). The molecule has 1 aromatic rings. The van der Waals surface area contributed by atoms with Gasteiger partial charge in [-0.25, -0.2) is 5.84 Å². The van der Waals surface area contributed by atoms with Crippen LogP contribution in [0.4, 0.5) is 0 Å². The summed E-state index contributed by atoms with van der Waals surface area (Å²) >= 11 is 1.83. The number of hydrogen-bond donors (Lipinski definition) is 2. The highest BCUT2D eigenvalue weighted by Gasteiger charge is 1.98. The van der Waals surface area contributed by atoms with E-state index >= 15 is 0 Å². The zero-order chi connectivity index (χ0) is 11.8. The van der Waals surface area contributed by atoms with Gasteiger partial charge in [0.05, 0.1) is 0 Å². The van der Waals surface area contributed by atoms with Gasteiger partial charge in [-0.2, -0.15) is 0 Å². The lowest BCUT2D eigenvalue weighted by molar-refractivity contribution is -0.121. The molecule has 0 aliphatic heterocycles. The Morgan fingerprint density at radius 1 is 1.44 bits per heavy atom. The largest absolute Gasteiger partial charge is 0.294 e. The van der Waals surface area contributed by atoms with Crippen LogP contribution in [-0.4, -0.2) is 11.7 Å². The van der Waals surface area contributed by atoms with Gasteiger partial charge in [-0.15, -0.1) is 11.8 Å². The Hall–Kier alpha value is -1.00. The van der Waals surface area contributed by atoms with Crippen molar-refractivity contribution in [2.24, 2.45) is 5.84 Å². The highest BCUT2D eigenvalue weighted by atomic mass is 32.2. The molecule has 0 aliphatic carbocycles. The molecule has 0 fully saturated rings. The molecule has 0 unspecified atom stereocenters. The quantitative estimate of drug-likeness (QED) is 0.263. The molecule has 3 N–H and O–H groups in total. The van der Waals surface area contributed by atoms with Crippen LogP contribution in [0, 0.1) is 6.92 Å². The molecule has 4 heteroatoms. The smallest absolute Gasteiger partial charge is 0.233 e. The monoisotopic (exact) mass is 238 g/mol. The van der Waals surface area contributed by atoms with E-state index in [1.807, 2.05) is 11.8 Å². The van der Waals surface area contributed by atoms with Crippen LogP contribution >= 0.6 is 11.8 Å². The minimum atomic E-state index is -0.0828. The summed E-state index contributed by atoms with van der Waals surface area (Å²) < 4.78 is 0. The van der Waals surface area contributed by atoms with Crippen molar-refractivity contribution in [1.82, 2.24) is 5.43 Å². The average Bonchev–Trinajstić information content (AvgIpc) is 2.28. The number of amides is 1. The number of thioether (sulfide) groups is 1. The van der Waals surface area contributed by atoms with Crippen LogP contribution in [0.25, 0.3) is 0 Å². The average molecular weight is 238 g/mol. The van der Waals surface area contributed by atoms with E-state index in [0.29, 0.717) is 6.42 Å². The Bertz CT molecular complexity index is 342. The van der Waals surface area contributed by atoms with Gasteiger partial charge in [-0.05, 0) is 37.7 Å². The Morgan fingerprint density at radius 3 is 2.94 bits per heavy atom. The van der Waals surface area contributed by atoms with Gasteiger partial charge in [0.2, 0.25) is 5.91 Å². The normalized spacial score (nSPS) is 10.1. The number of hydrazine groups is 1. The fourth-order valence-corrected chi connectivity index (χ4v) is 2.38. The second kappa shape index (κ2) is 7.30. The van der Waals surface area contributed by atoms with Crippen molar-refractivity contribution < 1.29 is 4.79 Å². The van der Waals surface area contributed by atoms with Gasteiger partial charge in [0.1, 0.15) is 0 Å². The zero-order valence-corrected chi connectivity index (χ0v) is 10.3. The van der Waals surface area contributed by atoms with E-state index in [0.717, 1.165) is 18.6 Å². The maximum absolute atomic E-state index is 10.8. The summed E-state index contributed by atoms with van der Waals surface area (Å²) in [5, 5.41) is 0. The number of carbonyl (C=O) groups is 1. The highest BCUT2D eigenvalue weighted by molar-refractivity contribution is 7.99. The minimum Gasteiger partial charge on any atom is -0.294 e. The number of benzene rings is 1. The van der Waals surface area contributed by atoms with Crippen molar-refractivity contribution in [3.05, 3.63) is 29.8 Å². The van der Waals surface area contributed by atoms with Gasteiger partial charge >= 0.3 is 0 Å². The lowest BCUT2D eigenvalue weighted by Crippen LogP contribution is -2.29. The Balaban J connectivity index is 2.14.